The Bertz CT molecular complexity index is 480. The van der Waals surface area contributed by atoms with Gasteiger partial charge in [-0.1, -0.05) is 0 Å². The maximum absolute atomic E-state index is 5.57. The van der Waals surface area contributed by atoms with E-state index in [2.05, 4.69) is 39.3 Å². The lowest BCUT2D eigenvalue weighted by Gasteiger charge is -2.13. The van der Waals surface area contributed by atoms with Crippen molar-refractivity contribution in [2.24, 2.45) is 5.73 Å². The zero-order valence-electron chi connectivity index (χ0n) is 9.65. The van der Waals surface area contributed by atoms with Crippen molar-refractivity contribution < 1.29 is 4.42 Å². The molecule has 0 radical (unpaired) electrons. The van der Waals surface area contributed by atoms with Crippen molar-refractivity contribution in [1.82, 2.24) is 4.90 Å². The van der Waals surface area contributed by atoms with Gasteiger partial charge in [-0.15, -0.1) is 11.3 Å². The van der Waals surface area contributed by atoms with Crippen LogP contribution in [0.1, 0.15) is 16.4 Å². The van der Waals surface area contributed by atoms with Crippen LogP contribution in [0.25, 0.3) is 0 Å². The smallest absolute Gasteiger partial charge is 0.118 e. The van der Waals surface area contributed by atoms with Gasteiger partial charge in [-0.25, -0.2) is 0 Å². The van der Waals surface area contributed by atoms with Gasteiger partial charge in [0.25, 0.3) is 0 Å². The van der Waals surface area contributed by atoms with Crippen LogP contribution in [0.5, 0.6) is 0 Å². The van der Waals surface area contributed by atoms with E-state index in [9.17, 15) is 0 Å². The Kier molecular flexibility index (Phi) is 4.39. The van der Waals surface area contributed by atoms with Crippen LogP contribution in [0.2, 0.25) is 0 Å². The number of nitrogens with zero attached hydrogens (tertiary/aromatic N) is 1. The molecule has 0 aliphatic carbocycles. The summed E-state index contributed by atoms with van der Waals surface area (Å²) in [5, 5.41) is 2.10. The van der Waals surface area contributed by atoms with Gasteiger partial charge >= 0.3 is 0 Å². The lowest BCUT2D eigenvalue weighted by Crippen LogP contribution is -2.16. The second-order valence-electron chi connectivity index (χ2n) is 3.98. The second kappa shape index (κ2) is 5.82. The van der Waals surface area contributed by atoms with Crippen molar-refractivity contribution in [3.63, 3.8) is 0 Å². The molecule has 5 heteroatoms. The molecule has 2 rings (SSSR count). The highest BCUT2D eigenvalue weighted by atomic mass is 79.9. The molecule has 0 amide bonds. The van der Waals surface area contributed by atoms with Crippen LogP contribution in [0.3, 0.4) is 0 Å². The normalized spacial score (nSPS) is 11.3. The molecule has 2 N–H and O–H groups in total. The van der Waals surface area contributed by atoms with Gasteiger partial charge in [-0.2, -0.15) is 0 Å². The summed E-state index contributed by atoms with van der Waals surface area (Å²) in [6, 6.07) is 6.07. The van der Waals surface area contributed by atoms with E-state index < -0.39 is 0 Å². The average molecular weight is 315 g/mol. The Balaban J connectivity index is 1.90. The van der Waals surface area contributed by atoms with E-state index in [-0.39, 0.29) is 0 Å². The molecule has 3 nitrogen and oxygen atoms in total. The number of nitrogens with two attached hydrogens (primary N) is 1. The van der Waals surface area contributed by atoms with E-state index in [4.69, 9.17) is 10.2 Å². The van der Waals surface area contributed by atoms with Gasteiger partial charge in [0, 0.05) is 21.3 Å². The maximum atomic E-state index is 5.57. The predicted molar refractivity (Wildman–Crippen MR) is 73.8 cm³/mol. The van der Waals surface area contributed by atoms with Crippen molar-refractivity contribution in [3.8, 4) is 0 Å². The quantitative estimate of drug-likeness (QED) is 0.921. The van der Waals surface area contributed by atoms with E-state index in [0.717, 1.165) is 29.1 Å². The first kappa shape index (κ1) is 12.8. The van der Waals surface area contributed by atoms with Crippen LogP contribution < -0.4 is 5.73 Å². The van der Waals surface area contributed by atoms with Gasteiger partial charge in [0.2, 0.25) is 0 Å². The molecule has 2 aromatic heterocycles. The average Bonchev–Trinajstić information content (AvgIpc) is 2.88. The highest BCUT2D eigenvalue weighted by molar-refractivity contribution is 9.10. The molecule has 0 saturated heterocycles. The lowest BCUT2D eigenvalue weighted by atomic mass is 10.4. The third-order valence-electron chi connectivity index (χ3n) is 2.39. The van der Waals surface area contributed by atoms with Crippen molar-refractivity contribution in [2.75, 3.05) is 7.05 Å². The summed E-state index contributed by atoms with van der Waals surface area (Å²) in [7, 11) is 2.08. The van der Waals surface area contributed by atoms with Gasteiger partial charge in [0.15, 0.2) is 0 Å². The van der Waals surface area contributed by atoms with Crippen molar-refractivity contribution in [2.45, 2.75) is 19.6 Å². The van der Waals surface area contributed by atoms with E-state index in [0.29, 0.717) is 6.54 Å². The molecule has 0 aromatic carbocycles. The van der Waals surface area contributed by atoms with E-state index in [1.165, 1.54) is 4.88 Å². The van der Waals surface area contributed by atoms with Crippen LogP contribution in [-0.2, 0) is 19.6 Å². The molecular formula is C12H15BrN2OS. The fraction of sp³-hybridized carbons (Fsp3) is 0.333. The lowest BCUT2D eigenvalue weighted by molar-refractivity contribution is 0.286. The van der Waals surface area contributed by atoms with Crippen LogP contribution in [-0.4, -0.2) is 11.9 Å². The summed E-state index contributed by atoms with van der Waals surface area (Å²) in [5.41, 5.74) is 5.51. The van der Waals surface area contributed by atoms with Crippen molar-refractivity contribution >= 4 is 27.3 Å². The Morgan fingerprint density at radius 1 is 1.35 bits per heavy atom. The standard InChI is InChI=1S/C12H15BrN2OS/c1-15(7-12-4-9(13)8-17-12)6-11-3-2-10(5-14)16-11/h2-4,8H,5-7,14H2,1H3. The minimum absolute atomic E-state index is 0.460. The van der Waals surface area contributed by atoms with Crippen LogP contribution in [0.4, 0.5) is 0 Å². The monoisotopic (exact) mass is 314 g/mol. The van der Waals surface area contributed by atoms with Gasteiger partial charge in [-0.05, 0) is 41.2 Å². The molecule has 0 saturated carbocycles. The second-order valence-corrected chi connectivity index (χ2v) is 5.89. The highest BCUT2D eigenvalue weighted by Gasteiger charge is 2.07. The van der Waals surface area contributed by atoms with Crippen LogP contribution >= 0.6 is 27.3 Å². The van der Waals surface area contributed by atoms with Crippen LogP contribution in [0.15, 0.2) is 32.5 Å². The largest absolute Gasteiger partial charge is 0.463 e. The first-order valence-corrected chi connectivity index (χ1v) is 7.03. The number of rotatable bonds is 5. The predicted octanol–water partition coefficient (Wildman–Crippen LogP) is 3.19. The third kappa shape index (κ3) is 3.67. The van der Waals surface area contributed by atoms with Gasteiger partial charge in [-0.3, -0.25) is 4.90 Å². The van der Waals surface area contributed by atoms with E-state index >= 15 is 0 Å². The Labute approximate surface area is 113 Å². The fourth-order valence-electron chi connectivity index (χ4n) is 1.64. The summed E-state index contributed by atoms with van der Waals surface area (Å²) >= 11 is 5.22. The molecule has 0 atom stereocenters. The minimum atomic E-state index is 0.460. The van der Waals surface area contributed by atoms with Gasteiger partial charge in [0.1, 0.15) is 11.5 Å². The summed E-state index contributed by atoms with van der Waals surface area (Å²) in [6.45, 7) is 2.19. The van der Waals surface area contributed by atoms with Crippen molar-refractivity contribution in [1.29, 1.82) is 0 Å². The van der Waals surface area contributed by atoms with E-state index in [1.807, 2.05) is 12.1 Å². The molecule has 2 heterocycles. The molecule has 0 aliphatic heterocycles. The number of thiophene rings is 1. The zero-order valence-corrected chi connectivity index (χ0v) is 12.1. The highest BCUT2D eigenvalue weighted by Crippen LogP contribution is 2.21. The maximum Gasteiger partial charge on any atom is 0.118 e. The summed E-state index contributed by atoms with van der Waals surface area (Å²) in [5.74, 6) is 1.80. The molecule has 92 valence electrons. The molecule has 0 fully saturated rings. The number of hydrogen-bond acceptors (Lipinski definition) is 4. The van der Waals surface area contributed by atoms with E-state index in [1.54, 1.807) is 11.3 Å². The molecule has 0 unspecified atom stereocenters. The van der Waals surface area contributed by atoms with Crippen LogP contribution in [0, 0.1) is 0 Å². The topological polar surface area (TPSA) is 42.4 Å². The number of halogens is 1. The molecule has 0 aliphatic rings. The van der Waals surface area contributed by atoms with Crippen molar-refractivity contribution in [3.05, 3.63) is 44.4 Å². The molecule has 2 aromatic rings. The first-order valence-electron chi connectivity index (χ1n) is 5.36. The zero-order chi connectivity index (χ0) is 12.3. The molecule has 17 heavy (non-hydrogen) atoms. The molecule has 0 spiro atoms. The van der Waals surface area contributed by atoms with Gasteiger partial charge in [0.05, 0.1) is 13.1 Å². The first-order chi connectivity index (χ1) is 8.17. The van der Waals surface area contributed by atoms with Gasteiger partial charge < -0.3 is 10.2 Å². The molecule has 0 bridgehead atoms. The SMILES string of the molecule is CN(Cc1ccc(CN)o1)Cc1cc(Br)cs1. The summed E-state index contributed by atoms with van der Waals surface area (Å²) in [6.07, 6.45) is 0. The Hall–Kier alpha value is -0.620. The summed E-state index contributed by atoms with van der Waals surface area (Å²) < 4.78 is 6.72. The molecular weight excluding hydrogens is 300 g/mol. The third-order valence-corrected chi connectivity index (χ3v) is 4.07. The fourth-order valence-corrected chi connectivity index (χ4v) is 3.17. The Morgan fingerprint density at radius 3 is 2.71 bits per heavy atom. The minimum Gasteiger partial charge on any atom is -0.463 e. The Morgan fingerprint density at radius 2 is 2.12 bits per heavy atom. The summed E-state index contributed by atoms with van der Waals surface area (Å²) in [4.78, 5) is 3.56. The number of furan rings is 1. The number of hydrogen-bond donors (Lipinski definition) is 1.